The Morgan fingerprint density at radius 1 is 0.173 bits per heavy atom. The summed E-state index contributed by atoms with van der Waals surface area (Å²) in [5.74, 6) is 0. The van der Waals surface area contributed by atoms with Gasteiger partial charge in [0.05, 0.1) is 0 Å². The minimum absolute atomic E-state index is 0.824. The van der Waals surface area contributed by atoms with E-state index in [2.05, 4.69) is 391 Å². The van der Waals surface area contributed by atoms with Gasteiger partial charge < -0.3 is 37.3 Å². The number of benzene rings is 18. The molecule has 8 nitrogen and oxygen atoms in total. The van der Waals surface area contributed by atoms with Crippen LogP contribution in [0.25, 0.3) is 142 Å². The second kappa shape index (κ2) is 25.0. The van der Waals surface area contributed by atoms with Crippen LogP contribution in [0.2, 0.25) is 0 Å². The Morgan fingerprint density at radius 3 is 0.773 bits per heavy atom. The summed E-state index contributed by atoms with van der Waals surface area (Å²) in [4.78, 5) is 9.33. The lowest BCUT2D eigenvalue weighted by Crippen LogP contribution is -2.11. The van der Waals surface area contributed by atoms with Crippen molar-refractivity contribution in [2.45, 2.75) is 13.8 Å². The number of nitrogens with zero attached hydrogens (tertiary/aromatic N) is 4. The standard InChI is InChI=1S/C102H66N4O4/c1-63-20-18-19-31-89(63)105(78-27-14-6-15-28-78)83-43-36-69-57-87-97(61-73(69)53-83)109-93-48-49-94-102(101(87)93)88-58-70-37-44-84(54-74(70)62-98(88)110-94)106(79-29-16-7-17-30-79)90-45-38-66(50-64(90)2)65-32-39-80(40-33-65)104(77-25-12-5-13-26-77)82-42-35-68-56-86-96(60-72(68)52-82)108-92-47-46-91-99(100(86)92)85-55-67-34-41-81(51-71(67)59-95(85)107-91)103(75-21-8-3-9-22-75)76-23-10-4-11-24-76/h3-62H,1-2H3. The molecule has 0 aliphatic carbocycles. The van der Waals surface area contributed by atoms with Crippen molar-refractivity contribution in [3.63, 3.8) is 0 Å². The summed E-state index contributed by atoms with van der Waals surface area (Å²) < 4.78 is 27.2. The zero-order chi connectivity index (χ0) is 72.7. The fraction of sp³-hybridized carbons (Fsp3) is 0.0196. The van der Waals surface area contributed by atoms with Gasteiger partial charge in [-0.1, -0.05) is 152 Å². The van der Waals surface area contributed by atoms with Crippen molar-refractivity contribution in [2.75, 3.05) is 19.6 Å². The Labute approximate surface area is 632 Å². The molecule has 0 bridgehead atoms. The molecule has 0 saturated carbocycles. The number of anilines is 12. The molecular weight excluding hydrogens is 1350 g/mol. The van der Waals surface area contributed by atoms with E-state index in [0.717, 1.165) is 216 Å². The third kappa shape index (κ3) is 10.4. The largest absolute Gasteiger partial charge is 0.456 e. The van der Waals surface area contributed by atoms with Crippen LogP contribution in [-0.2, 0) is 0 Å². The summed E-state index contributed by atoms with van der Waals surface area (Å²) in [7, 11) is 0. The van der Waals surface area contributed by atoms with E-state index in [4.69, 9.17) is 17.7 Å². The summed E-state index contributed by atoms with van der Waals surface area (Å²) in [6.45, 7) is 4.38. The topological polar surface area (TPSA) is 65.5 Å². The van der Waals surface area contributed by atoms with Gasteiger partial charge in [0.25, 0.3) is 0 Å². The molecule has 0 aliphatic rings. The van der Waals surface area contributed by atoms with Crippen LogP contribution in [-0.4, -0.2) is 0 Å². The average molecular weight is 1410 g/mol. The molecule has 0 N–H and O–H groups in total. The van der Waals surface area contributed by atoms with E-state index in [9.17, 15) is 0 Å². The Balaban J connectivity index is 0.565. The lowest BCUT2D eigenvalue weighted by atomic mass is 9.99. The summed E-state index contributed by atoms with van der Waals surface area (Å²) in [5.41, 5.74) is 24.2. The Kier molecular flexibility index (Phi) is 14.3. The number of rotatable bonds is 13. The smallest absolute Gasteiger partial charge is 0.136 e. The molecule has 0 atom stereocenters. The van der Waals surface area contributed by atoms with Crippen LogP contribution in [0, 0.1) is 13.8 Å². The molecule has 0 saturated heterocycles. The highest BCUT2D eigenvalue weighted by atomic mass is 16.3. The lowest BCUT2D eigenvalue weighted by Gasteiger charge is -2.28. The van der Waals surface area contributed by atoms with Crippen LogP contribution < -0.4 is 19.6 Å². The number of furan rings is 4. The molecule has 22 aromatic rings. The molecule has 0 fully saturated rings. The maximum absolute atomic E-state index is 6.83. The fourth-order valence-electron chi connectivity index (χ4n) is 17.1. The van der Waals surface area contributed by atoms with Gasteiger partial charge in [-0.2, -0.15) is 0 Å². The predicted octanol–water partition coefficient (Wildman–Crippen LogP) is 30.1. The minimum atomic E-state index is 0.824. The molecule has 4 heterocycles. The Morgan fingerprint density at radius 2 is 0.445 bits per heavy atom. The third-order valence-corrected chi connectivity index (χ3v) is 22.3. The maximum atomic E-state index is 6.83. The molecule has 0 spiro atoms. The Hall–Kier alpha value is -14.6. The van der Waals surface area contributed by atoms with Crippen molar-refractivity contribution in [3.8, 4) is 11.1 Å². The van der Waals surface area contributed by atoms with Crippen LogP contribution in [0.5, 0.6) is 0 Å². The summed E-state index contributed by atoms with van der Waals surface area (Å²) in [5, 5.41) is 17.3. The van der Waals surface area contributed by atoms with Gasteiger partial charge in [-0.05, 0) is 292 Å². The van der Waals surface area contributed by atoms with Gasteiger partial charge in [0.1, 0.15) is 44.7 Å². The minimum Gasteiger partial charge on any atom is -0.456 e. The predicted molar refractivity (Wildman–Crippen MR) is 459 cm³/mol. The van der Waals surface area contributed by atoms with Crippen molar-refractivity contribution in [3.05, 3.63) is 375 Å². The molecule has 0 amide bonds. The van der Waals surface area contributed by atoms with Crippen molar-refractivity contribution < 1.29 is 17.7 Å². The van der Waals surface area contributed by atoms with Crippen molar-refractivity contribution in [2.24, 2.45) is 0 Å². The molecular formula is C102H66N4O4. The van der Waals surface area contributed by atoms with E-state index < -0.39 is 0 Å². The van der Waals surface area contributed by atoms with Crippen molar-refractivity contribution >= 4 is 199 Å². The van der Waals surface area contributed by atoms with Crippen LogP contribution in [0.3, 0.4) is 0 Å². The first-order valence-corrected chi connectivity index (χ1v) is 37.4. The highest BCUT2D eigenvalue weighted by Gasteiger charge is 2.25. The van der Waals surface area contributed by atoms with Gasteiger partial charge in [0.2, 0.25) is 0 Å². The molecule has 0 aliphatic heterocycles. The van der Waals surface area contributed by atoms with Gasteiger partial charge in [-0.3, -0.25) is 0 Å². The van der Waals surface area contributed by atoms with Gasteiger partial charge in [0, 0.05) is 111 Å². The average Bonchev–Trinajstić information content (AvgIpc) is 1.56. The molecule has 110 heavy (non-hydrogen) atoms. The zero-order valence-corrected chi connectivity index (χ0v) is 60.1. The Bertz CT molecular complexity index is 7390. The highest BCUT2D eigenvalue weighted by Crippen LogP contribution is 2.49. The molecule has 518 valence electrons. The summed E-state index contributed by atoms with van der Waals surface area (Å²) in [6.07, 6.45) is 0. The first-order chi connectivity index (χ1) is 54.3. The van der Waals surface area contributed by atoms with Crippen molar-refractivity contribution in [1.82, 2.24) is 0 Å². The quantitative estimate of drug-likeness (QED) is 0.113. The van der Waals surface area contributed by atoms with E-state index in [1.54, 1.807) is 0 Å². The normalized spacial score (nSPS) is 11.9. The van der Waals surface area contributed by atoms with Crippen LogP contribution in [0.15, 0.2) is 382 Å². The maximum Gasteiger partial charge on any atom is 0.136 e. The van der Waals surface area contributed by atoms with Gasteiger partial charge in [-0.15, -0.1) is 0 Å². The molecule has 18 aromatic carbocycles. The van der Waals surface area contributed by atoms with Crippen LogP contribution >= 0.6 is 0 Å². The van der Waals surface area contributed by atoms with E-state index in [0.29, 0.717) is 0 Å². The first kappa shape index (κ1) is 62.7. The lowest BCUT2D eigenvalue weighted by molar-refractivity contribution is 0.663. The third-order valence-electron chi connectivity index (χ3n) is 22.3. The van der Waals surface area contributed by atoms with Gasteiger partial charge >= 0.3 is 0 Å². The van der Waals surface area contributed by atoms with Gasteiger partial charge in [0.15, 0.2) is 0 Å². The van der Waals surface area contributed by atoms with Crippen molar-refractivity contribution in [1.29, 1.82) is 0 Å². The molecule has 4 aromatic heterocycles. The summed E-state index contributed by atoms with van der Waals surface area (Å²) in [6, 6.07) is 130. The number of fused-ring (bicyclic) bond motifs is 18. The number of para-hydroxylation sites is 6. The van der Waals surface area contributed by atoms with Gasteiger partial charge in [-0.25, -0.2) is 0 Å². The van der Waals surface area contributed by atoms with E-state index in [1.807, 2.05) is 6.07 Å². The molecule has 0 radical (unpaired) electrons. The monoisotopic (exact) mass is 1410 g/mol. The molecule has 22 rings (SSSR count). The number of hydrogen-bond donors (Lipinski definition) is 0. The second-order valence-electron chi connectivity index (χ2n) is 28.9. The molecule has 0 unspecified atom stereocenters. The van der Waals surface area contributed by atoms with E-state index in [1.165, 1.54) is 5.56 Å². The van der Waals surface area contributed by atoms with Crippen LogP contribution in [0.4, 0.5) is 68.2 Å². The fourth-order valence-corrected chi connectivity index (χ4v) is 17.1. The zero-order valence-electron chi connectivity index (χ0n) is 60.1. The number of aryl methyl sites for hydroxylation is 2. The first-order valence-electron chi connectivity index (χ1n) is 37.4. The van der Waals surface area contributed by atoms with E-state index >= 15 is 0 Å². The van der Waals surface area contributed by atoms with E-state index in [-0.39, 0.29) is 0 Å². The second-order valence-corrected chi connectivity index (χ2v) is 28.9. The highest BCUT2D eigenvalue weighted by molar-refractivity contribution is 6.29. The summed E-state index contributed by atoms with van der Waals surface area (Å²) >= 11 is 0. The van der Waals surface area contributed by atoms with Crippen LogP contribution in [0.1, 0.15) is 11.1 Å². The number of hydrogen-bond acceptors (Lipinski definition) is 8. The molecule has 8 heteroatoms. The SMILES string of the molecule is Cc1ccccc1N(c1ccccc1)c1ccc2cc3c(cc2c1)oc1ccc2oc4cc5cc(N(c6ccccc6)c6ccc(-c7ccc(N(c8ccccc8)c8ccc9cc%10c(cc9c8)oc8ccc9oc%11cc%12cc(N(c%13ccccc%13)c%13ccccc%13)ccc%12cc%11c9c8%10)cc7)cc6C)ccc5cc4c2c13.